The molecule has 2 nitrogen and oxygen atoms in total. The topological polar surface area (TPSA) is 18.5 Å². The van der Waals surface area contributed by atoms with Crippen LogP contribution in [0.4, 0.5) is 0 Å². The molecule has 0 N–H and O–H groups in total. The summed E-state index contributed by atoms with van der Waals surface area (Å²) in [5.74, 6) is 0. The molecule has 1 saturated carbocycles. The maximum absolute atomic E-state index is 5.93. The van der Waals surface area contributed by atoms with Gasteiger partial charge >= 0.3 is 0 Å². The zero-order valence-corrected chi connectivity index (χ0v) is 11.8. The van der Waals surface area contributed by atoms with Crippen LogP contribution in [0.2, 0.25) is 0 Å². The highest BCUT2D eigenvalue weighted by atomic mass is 16.5. The van der Waals surface area contributed by atoms with Crippen molar-refractivity contribution in [2.24, 2.45) is 0 Å². The van der Waals surface area contributed by atoms with Crippen molar-refractivity contribution in [2.45, 2.75) is 83.3 Å². The van der Waals surface area contributed by atoms with Gasteiger partial charge in [-0.3, -0.25) is 0 Å². The third-order valence-electron chi connectivity index (χ3n) is 4.18. The molecule has 18 heavy (non-hydrogen) atoms. The van der Waals surface area contributed by atoms with Crippen molar-refractivity contribution in [3.8, 4) is 0 Å². The molecule has 2 rings (SSSR count). The van der Waals surface area contributed by atoms with Crippen LogP contribution in [0.1, 0.15) is 71.1 Å². The van der Waals surface area contributed by atoms with E-state index in [9.17, 15) is 0 Å². The minimum absolute atomic E-state index is 0.206. The Morgan fingerprint density at radius 1 is 1.06 bits per heavy atom. The lowest BCUT2D eigenvalue weighted by Gasteiger charge is -2.26. The molecule has 0 aromatic rings. The fourth-order valence-electron chi connectivity index (χ4n) is 2.90. The average molecular weight is 252 g/mol. The predicted molar refractivity (Wildman–Crippen MR) is 74.5 cm³/mol. The monoisotopic (exact) mass is 252 g/mol. The van der Waals surface area contributed by atoms with E-state index in [2.05, 4.69) is 6.92 Å². The van der Waals surface area contributed by atoms with Crippen molar-refractivity contribution < 1.29 is 9.47 Å². The molecule has 2 unspecified atom stereocenters. The van der Waals surface area contributed by atoms with E-state index in [-0.39, 0.29) is 6.10 Å². The number of hydrogen-bond donors (Lipinski definition) is 0. The minimum Gasteiger partial charge on any atom is -0.496 e. The van der Waals surface area contributed by atoms with Crippen molar-refractivity contribution in [1.82, 2.24) is 0 Å². The Balaban J connectivity index is 1.76. The summed E-state index contributed by atoms with van der Waals surface area (Å²) in [5, 5.41) is 0. The summed E-state index contributed by atoms with van der Waals surface area (Å²) in [6.45, 7) is 3.07. The Morgan fingerprint density at radius 3 is 2.61 bits per heavy atom. The molecular weight excluding hydrogens is 224 g/mol. The van der Waals surface area contributed by atoms with Crippen molar-refractivity contribution in [2.75, 3.05) is 6.61 Å². The Labute approximate surface area is 112 Å². The Bertz CT molecular complexity index is 244. The first kappa shape index (κ1) is 13.9. The van der Waals surface area contributed by atoms with E-state index >= 15 is 0 Å². The maximum Gasteiger partial charge on any atom is 0.121 e. The van der Waals surface area contributed by atoms with Crippen LogP contribution in [0, 0.1) is 0 Å². The van der Waals surface area contributed by atoms with Crippen LogP contribution >= 0.6 is 0 Å². The van der Waals surface area contributed by atoms with Crippen LogP contribution < -0.4 is 0 Å². The van der Waals surface area contributed by atoms with Gasteiger partial charge in [-0.15, -0.1) is 0 Å². The van der Waals surface area contributed by atoms with E-state index in [1.165, 1.54) is 63.4 Å². The van der Waals surface area contributed by atoms with Crippen molar-refractivity contribution in [3.05, 3.63) is 11.8 Å². The highest BCUT2D eigenvalue weighted by Gasteiger charge is 2.19. The molecule has 2 heteroatoms. The second-order valence-corrected chi connectivity index (χ2v) is 5.79. The molecule has 0 radical (unpaired) electrons. The van der Waals surface area contributed by atoms with Gasteiger partial charge in [0.25, 0.3) is 0 Å². The molecule has 0 aromatic carbocycles. The van der Waals surface area contributed by atoms with E-state index in [0.29, 0.717) is 6.10 Å². The molecule has 0 amide bonds. The van der Waals surface area contributed by atoms with Gasteiger partial charge in [-0.05, 0) is 51.0 Å². The molecule has 1 saturated heterocycles. The first-order valence-electron chi connectivity index (χ1n) is 7.81. The normalized spacial score (nSPS) is 28.1. The zero-order chi connectivity index (χ0) is 12.6. The summed E-state index contributed by atoms with van der Waals surface area (Å²) in [6.07, 6.45) is 15.4. The smallest absolute Gasteiger partial charge is 0.121 e. The standard InChI is InChI=1S/C16H28O2/c1-14(16-11-7-2-3-8-12-17-16)18-13-15-9-5-4-6-10-15/h13-14,16H,2-12H2,1H3. The number of hydrogen-bond acceptors (Lipinski definition) is 2. The van der Waals surface area contributed by atoms with Gasteiger partial charge in [-0.1, -0.05) is 25.7 Å². The average Bonchev–Trinajstić information content (AvgIpc) is 2.37. The van der Waals surface area contributed by atoms with E-state index in [1.807, 2.05) is 6.26 Å². The van der Waals surface area contributed by atoms with E-state index in [0.717, 1.165) is 13.0 Å². The highest BCUT2D eigenvalue weighted by molar-refractivity contribution is 5.00. The number of ether oxygens (including phenoxy) is 2. The van der Waals surface area contributed by atoms with Gasteiger partial charge in [0.15, 0.2) is 0 Å². The summed E-state index contributed by atoms with van der Waals surface area (Å²) >= 11 is 0. The lowest BCUT2D eigenvalue weighted by Crippen LogP contribution is -2.29. The summed E-state index contributed by atoms with van der Waals surface area (Å²) in [5.41, 5.74) is 1.50. The van der Waals surface area contributed by atoms with Gasteiger partial charge in [0, 0.05) is 6.61 Å². The maximum atomic E-state index is 5.93. The first-order chi connectivity index (χ1) is 8.86. The molecule has 0 spiro atoms. The first-order valence-corrected chi connectivity index (χ1v) is 7.81. The van der Waals surface area contributed by atoms with Crippen molar-refractivity contribution >= 4 is 0 Å². The Morgan fingerprint density at radius 2 is 1.78 bits per heavy atom. The van der Waals surface area contributed by atoms with Crippen LogP contribution in [0.25, 0.3) is 0 Å². The van der Waals surface area contributed by atoms with Gasteiger partial charge in [0.2, 0.25) is 0 Å². The Hall–Kier alpha value is -0.500. The number of allylic oxidation sites excluding steroid dienone is 1. The van der Waals surface area contributed by atoms with Crippen molar-refractivity contribution in [1.29, 1.82) is 0 Å². The van der Waals surface area contributed by atoms with Gasteiger partial charge in [0.1, 0.15) is 6.10 Å². The second kappa shape index (κ2) is 7.83. The fraction of sp³-hybridized carbons (Fsp3) is 0.875. The summed E-state index contributed by atoms with van der Waals surface area (Å²) in [4.78, 5) is 0. The predicted octanol–water partition coefficient (Wildman–Crippen LogP) is 4.59. The minimum atomic E-state index is 0.206. The number of rotatable bonds is 3. The summed E-state index contributed by atoms with van der Waals surface area (Å²) in [6, 6.07) is 0. The zero-order valence-electron chi connectivity index (χ0n) is 11.8. The van der Waals surface area contributed by atoms with Crippen LogP contribution in [0.3, 0.4) is 0 Å². The highest BCUT2D eigenvalue weighted by Crippen LogP contribution is 2.24. The summed E-state index contributed by atoms with van der Waals surface area (Å²) < 4.78 is 11.9. The lowest BCUT2D eigenvalue weighted by atomic mass is 9.96. The third-order valence-corrected chi connectivity index (χ3v) is 4.18. The molecule has 0 aromatic heterocycles. The Kier molecular flexibility index (Phi) is 6.06. The molecule has 2 fully saturated rings. The van der Waals surface area contributed by atoms with Gasteiger partial charge in [0.05, 0.1) is 12.4 Å². The molecule has 104 valence electrons. The van der Waals surface area contributed by atoms with Crippen molar-refractivity contribution in [3.63, 3.8) is 0 Å². The lowest BCUT2D eigenvalue weighted by molar-refractivity contribution is -0.0463. The molecular formula is C16H28O2. The molecule has 1 aliphatic carbocycles. The third kappa shape index (κ3) is 4.64. The van der Waals surface area contributed by atoms with E-state index in [1.54, 1.807) is 0 Å². The van der Waals surface area contributed by atoms with Gasteiger partial charge in [-0.2, -0.15) is 0 Å². The fourth-order valence-corrected chi connectivity index (χ4v) is 2.90. The van der Waals surface area contributed by atoms with Crippen LogP contribution in [-0.2, 0) is 9.47 Å². The second-order valence-electron chi connectivity index (χ2n) is 5.79. The van der Waals surface area contributed by atoms with Gasteiger partial charge < -0.3 is 9.47 Å². The SMILES string of the molecule is CC(OC=C1CCCCC1)C1CCCCCCO1. The molecule has 1 heterocycles. The quantitative estimate of drug-likeness (QED) is 0.684. The van der Waals surface area contributed by atoms with Gasteiger partial charge in [-0.25, -0.2) is 0 Å². The van der Waals surface area contributed by atoms with Crippen LogP contribution in [0.15, 0.2) is 11.8 Å². The molecule has 2 aliphatic rings. The van der Waals surface area contributed by atoms with Crippen LogP contribution in [-0.4, -0.2) is 18.8 Å². The van der Waals surface area contributed by atoms with E-state index in [4.69, 9.17) is 9.47 Å². The molecule has 2 atom stereocenters. The van der Waals surface area contributed by atoms with Crippen LogP contribution in [0.5, 0.6) is 0 Å². The summed E-state index contributed by atoms with van der Waals surface area (Å²) in [7, 11) is 0. The molecule has 0 bridgehead atoms. The van der Waals surface area contributed by atoms with E-state index < -0.39 is 0 Å². The molecule has 1 aliphatic heterocycles. The largest absolute Gasteiger partial charge is 0.496 e.